The lowest BCUT2D eigenvalue weighted by Gasteiger charge is -2.30. The summed E-state index contributed by atoms with van der Waals surface area (Å²) in [4.78, 5) is 0. The smallest absolute Gasteiger partial charge is 0.122 e. The molecular formula is C15H21NO. The van der Waals surface area contributed by atoms with Gasteiger partial charge in [0.25, 0.3) is 0 Å². The van der Waals surface area contributed by atoms with E-state index in [1.165, 1.54) is 24.8 Å². The van der Waals surface area contributed by atoms with Crippen molar-refractivity contribution in [3.8, 4) is 5.75 Å². The van der Waals surface area contributed by atoms with E-state index in [9.17, 15) is 0 Å². The van der Waals surface area contributed by atoms with Crippen LogP contribution in [0.2, 0.25) is 0 Å². The molecule has 1 aromatic carbocycles. The van der Waals surface area contributed by atoms with Crippen LogP contribution in [0.4, 0.5) is 0 Å². The van der Waals surface area contributed by atoms with E-state index in [-0.39, 0.29) is 0 Å². The minimum Gasteiger partial charge on any atom is -0.493 e. The molecule has 1 aromatic rings. The van der Waals surface area contributed by atoms with E-state index in [2.05, 4.69) is 25.1 Å². The average Bonchev–Trinajstić information content (AvgIpc) is 3.14. The molecule has 1 aliphatic heterocycles. The van der Waals surface area contributed by atoms with Crippen LogP contribution in [0.15, 0.2) is 24.3 Å². The summed E-state index contributed by atoms with van der Waals surface area (Å²) in [5, 5.41) is 0. The molecule has 2 heteroatoms. The zero-order chi connectivity index (χ0) is 11.9. The Hall–Kier alpha value is -1.02. The van der Waals surface area contributed by atoms with Gasteiger partial charge < -0.3 is 10.5 Å². The SMILES string of the molecule is CC(CN)(CC1COc2ccccc21)C1CC1. The number of hydrogen-bond acceptors (Lipinski definition) is 2. The lowest BCUT2D eigenvalue weighted by atomic mass is 9.75. The molecule has 92 valence electrons. The van der Waals surface area contributed by atoms with Gasteiger partial charge in [0.05, 0.1) is 6.61 Å². The minimum atomic E-state index is 0.311. The predicted octanol–water partition coefficient (Wildman–Crippen LogP) is 2.93. The molecule has 1 fully saturated rings. The fourth-order valence-electron chi connectivity index (χ4n) is 3.16. The van der Waals surface area contributed by atoms with Crippen molar-refractivity contribution in [3.63, 3.8) is 0 Å². The van der Waals surface area contributed by atoms with Crippen LogP contribution in [0.5, 0.6) is 5.75 Å². The molecule has 0 radical (unpaired) electrons. The summed E-state index contributed by atoms with van der Waals surface area (Å²) in [6, 6.07) is 8.44. The van der Waals surface area contributed by atoms with Gasteiger partial charge >= 0.3 is 0 Å². The number of fused-ring (bicyclic) bond motifs is 1. The molecule has 3 rings (SSSR count). The third-order valence-corrected chi connectivity index (χ3v) is 4.54. The van der Waals surface area contributed by atoms with E-state index in [0.717, 1.165) is 24.8 Å². The van der Waals surface area contributed by atoms with Gasteiger partial charge in [-0.1, -0.05) is 25.1 Å². The molecule has 17 heavy (non-hydrogen) atoms. The van der Waals surface area contributed by atoms with E-state index in [0.29, 0.717) is 11.3 Å². The standard InChI is InChI=1S/C15H21NO/c1-15(10-16,12-6-7-12)8-11-9-17-14-5-3-2-4-13(11)14/h2-5,11-12H,6-10,16H2,1H3. The Morgan fingerprint density at radius 1 is 1.35 bits per heavy atom. The molecule has 1 saturated carbocycles. The van der Waals surface area contributed by atoms with Crippen LogP contribution < -0.4 is 10.5 Å². The van der Waals surface area contributed by atoms with Gasteiger partial charge in [-0.2, -0.15) is 0 Å². The summed E-state index contributed by atoms with van der Waals surface area (Å²) in [6.45, 7) is 3.99. The fourth-order valence-corrected chi connectivity index (χ4v) is 3.16. The molecule has 2 aliphatic rings. The highest BCUT2D eigenvalue weighted by Gasteiger charge is 2.43. The van der Waals surface area contributed by atoms with E-state index < -0.39 is 0 Å². The van der Waals surface area contributed by atoms with E-state index in [4.69, 9.17) is 10.5 Å². The van der Waals surface area contributed by atoms with Crippen molar-refractivity contribution in [1.29, 1.82) is 0 Å². The molecule has 2 unspecified atom stereocenters. The monoisotopic (exact) mass is 231 g/mol. The summed E-state index contributed by atoms with van der Waals surface area (Å²) < 4.78 is 5.76. The first-order valence-corrected chi connectivity index (χ1v) is 6.65. The third kappa shape index (κ3) is 1.95. The first-order chi connectivity index (χ1) is 8.23. The normalized spacial score (nSPS) is 26.1. The minimum absolute atomic E-state index is 0.311. The molecule has 2 N–H and O–H groups in total. The quantitative estimate of drug-likeness (QED) is 0.864. The van der Waals surface area contributed by atoms with Crippen molar-refractivity contribution in [3.05, 3.63) is 29.8 Å². The zero-order valence-electron chi connectivity index (χ0n) is 10.5. The molecule has 0 amide bonds. The van der Waals surface area contributed by atoms with E-state index in [1.807, 2.05) is 6.07 Å². The summed E-state index contributed by atoms with van der Waals surface area (Å²) >= 11 is 0. The maximum atomic E-state index is 6.01. The third-order valence-electron chi connectivity index (χ3n) is 4.54. The van der Waals surface area contributed by atoms with Crippen molar-refractivity contribution in [2.45, 2.75) is 32.1 Å². The van der Waals surface area contributed by atoms with E-state index in [1.54, 1.807) is 0 Å². The van der Waals surface area contributed by atoms with Crippen molar-refractivity contribution < 1.29 is 4.74 Å². The maximum Gasteiger partial charge on any atom is 0.122 e. The van der Waals surface area contributed by atoms with Crippen LogP contribution in [0.25, 0.3) is 0 Å². The van der Waals surface area contributed by atoms with Crippen LogP contribution in [0, 0.1) is 11.3 Å². The van der Waals surface area contributed by atoms with Gasteiger partial charge in [-0.15, -0.1) is 0 Å². The summed E-state index contributed by atoms with van der Waals surface area (Å²) in [6.07, 6.45) is 3.90. The number of nitrogens with two attached hydrogens (primary N) is 1. The maximum absolute atomic E-state index is 6.01. The van der Waals surface area contributed by atoms with Gasteiger partial charge in [-0.25, -0.2) is 0 Å². The molecule has 2 nitrogen and oxygen atoms in total. The van der Waals surface area contributed by atoms with Crippen molar-refractivity contribution in [2.24, 2.45) is 17.1 Å². The van der Waals surface area contributed by atoms with Crippen LogP contribution in [-0.2, 0) is 0 Å². The van der Waals surface area contributed by atoms with Crippen molar-refractivity contribution >= 4 is 0 Å². The average molecular weight is 231 g/mol. The number of benzene rings is 1. The van der Waals surface area contributed by atoms with Gasteiger partial charge in [-0.3, -0.25) is 0 Å². The van der Waals surface area contributed by atoms with Gasteiger partial charge in [0.1, 0.15) is 5.75 Å². The van der Waals surface area contributed by atoms with Gasteiger partial charge in [0.2, 0.25) is 0 Å². The summed E-state index contributed by atoms with van der Waals surface area (Å²) in [5.41, 5.74) is 7.70. The highest BCUT2D eigenvalue weighted by Crippen LogP contribution is 2.51. The first-order valence-electron chi connectivity index (χ1n) is 6.65. The van der Waals surface area contributed by atoms with Gasteiger partial charge in [0.15, 0.2) is 0 Å². The topological polar surface area (TPSA) is 35.2 Å². The molecule has 2 atom stereocenters. The zero-order valence-corrected chi connectivity index (χ0v) is 10.5. The predicted molar refractivity (Wildman–Crippen MR) is 69.2 cm³/mol. The number of hydrogen-bond donors (Lipinski definition) is 1. The second-order valence-electron chi connectivity index (χ2n) is 5.88. The Kier molecular flexibility index (Phi) is 2.62. The number of para-hydroxylation sites is 1. The Morgan fingerprint density at radius 2 is 2.12 bits per heavy atom. The molecule has 0 aromatic heterocycles. The van der Waals surface area contributed by atoms with Crippen LogP contribution in [0.3, 0.4) is 0 Å². The molecule has 1 aliphatic carbocycles. The van der Waals surface area contributed by atoms with Crippen LogP contribution in [-0.4, -0.2) is 13.2 Å². The van der Waals surface area contributed by atoms with Crippen molar-refractivity contribution in [2.75, 3.05) is 13.2 Å². The second kappa shape index (κ2) is 4.02. The number of ether oxygens (including phenoxy) is 1. The Balaban J connectivity index is 1.78. The Bertz CT molecular complexity index is 413. The second-order valence-corrected chi connectivity index (χ2v) is 5.88. The molecular weight excluding hydrogens is 210 g/mol. The molecule has 0 saturated heterocycles. The molecule has 1 heterocycles. The highest BCUT2D eigenvalue weighted by molar-refractivity contribution is 5.39. The lowest BCUT2D eigenvalue weighted by Crippen LogP contribution is -2.31. The lowest BCUT2D eigenvalue weighted by molar-refractivity contribution is 0.216. The number of rotatable bonds is 4. The summed E-state index contributed by atoms with van der Waals surface area (Å²) in [5.74, 6) is 2.47. The molecule has 0 spiro atoms. The fraction of sp³-hybridized carbons (Fsp3) is 0.600. The Morgan fingerprint density at radius 3 is 2.82 bits per heavy atom. The van der Waals surface area contributed by atoms with Crippen LogP contribution in [0.1, 0.15) is 37.7 Å². The van der Waals surface area contributed by atoms with Crippen LogP contribution >= 0.6 is 0 Å². The largest absolute Gasteiger partial charge is 0.493 e. The highest BCUT2D eigenvalue weighted by atomic mass is 16.5. The summed E-state index contributed by atoms with van der Waals surface area (Å²) in [7, 11) is 0. The van der Waals surface area contributed by atoms with E-state index >= 15 is 0 Å². The Labute approximate surface area is 103 Å². The molecule has 0 bridgehead atoms. The van der Waals surface area contributed by atoms with Gasteiger partial charge in [0, 0.05) is 11.5 Å². The first kappa shape index (κ1) is 11.1. The van der Waals surface area contributed by atoms with Crippen molar-refractivity contribution in [1.82, 2.24) is 0 Å². The van der Waals surface area contributed by atoms with Gasteiger partial charge in [-0.05, 0) is 43.2 Å².